The van der Waals surface area contributed by atoms with Crippen LogP contribution in [0.4, 0.5) is 11.5 Å². The Morgan fingerprint density at radius 1 is 1.00 bits per heavy atom. The summed E-state index contributed by atoms with van der Waals surface area (Å²) in [5.74, 6) is 2.44. The molecule has 148 valence electrons. The number of aromatic amines is 1. The van der Waals surface area contributed by atoms with Gasteiger partial charge in [0.1, 0.15) is 30.4 Å². The maximum Gasteiger partial charge on any atom is 0.163 e. The number of H-pyrrole nitrogens is 1. The SMILES string of the molecule is Cc1ccc2nc(-c3c[nH]c4ccccc34)c(Nc3ccc4c(c3)OCCO4)n2c1. The molecular weight excluding hydrogens is 376 g/mol. The van der Waals surface area contributed by atoms with Gasteiger partial charge in [-0.25, -0.2) is 4.98 Å². The number of nitrogens with one attached hydrogen (secondary N) is 2. The number of anilines is 2. The van der Waals surface area contributed by atoms with Crippen LogP contribution in [0, 0.1) is 6.92 Å². The quantitative estimate of drug-likeness (QED) is 0.434. The van der Waals surface area contributed by atoms with Gasteiger partial charge in [-0.05, 0) is 36.8 Å². The average molecular weight is 396 g/mol. The Morgan fingerprint density at radius 2 is 1.87 bits per heavy atom. The number of aromatic nitrogens is 3. The number of hydrogen-bond donors (Lipinski definition) is 2. The van der Waals surface area contributed by atoms with Crippen molar-refractivity contribution in [3.63, 3.8) is 0 Å². The van der Waals surface area contributed by atoms with Gasteiger partial charge in [0.15, 0.2) is 11.5 Å². The second kappa shape index (κ2) is 6.56. The van der Waals surface area contributed by atoms with Crippen molar-refractivity contribution in [2.24, 2.45) is 0 Å². The van der Waals surface area contributed by atoms with E-state index in [1.165, 1.54) is 0 Å². The second-order valence-electron chi connectivity index (χ2n) is 7.48. The van der Waals surface area contributed by atoms with Gasteiger partial charge in [0.25, 0.3) is 0 Å². The van der Waals surface area contributed by atoms with Crippen molar-refractivity contribution in [2.45, 2.75) is 6.92 Å². The molecular formula is C24H20N4O2. The summed E-state index contributed by atoms with van der Waals surface area (Å²) < 4.78 is 13.5. The van der Waals surface area contributed by atoms with Crippen LogP contribution in [0.2, 0.25) is 0 Å². The minimum atomic E-state index is 0.561. The Kier molecular flexibility index (Phi) is 3.71. The van der Waals surface area contributed by atoms with E-state index in [4.69, 9.17) is 14.5 Å². The number of benzene rings is 2. The topological polar surface area (TPSA) is 63.6 Å². The number of pyridine rings is 1. The van der Waals surface area contributed by atoms with Crippen LogP contribution >= 0.6 is 0 Å². The molecule has 0 saturated heterocycles. The number of rotatable bonds is 3. The molecule has 0 unspecified atom stereocenters. The summed E-state index contributed by atoms with van der Waals surface area (Å²) in [7, 11) is 0. The molecule has 0 amide bonds. The van der Waals surface area contributed by atoms with Crippen molar-refractivity contribution < 1.29 is 9.47 Å². The predicted molar refractivity (Wildman–Crippen MR) is 118 cm³/mol. The minimum Gasteiger partial charge on any atom is -0.486 e. The third-order valence-corrected chi connectivity index (χ3v) is 5.42. The molecule has 6 nitrogen and oxygen atoms in total. The molecule has 0 spiro atoms. The molecule has 4 heterocycles. The lowest BCUT2D eigenvalue weighted by atomic mass is 10.1. The molecule has 30 heavy (non-hydrogen) atoms. The van der Waals surface area contributed by atoms with Gasteiger partial charge in [-0.3, -0.25) is 4.40 Å². The van der Waals surface area contributed by atoms with Crippen molar-refractivity contribution in [3.05, 3.63) is 72.6 Å². The zero-order chi connectivity index (χ0) is 20.1. The fraction of sp³-hybridized carbons (Fsp3) is 0.125. The largest absolute Gasteiger partial charge is 0.486 e. The van der Waals surface area contributed by atoms with Crippen molar-refractivity contribution >= 4 is 28.1 Å². The zero-order valence-corrected chi connectivity index (χ0v) is 16.5. The van der Waals surface area contributed by atoms with Crippen molar-refractivity contribution in [1.82, 2.24) is 14.4 Å². The van der Waals surface area contributed by atoms with Gasteiger partial charge < -0.3 is 19.8 Å². The molecule has 0 bridgehead atoms. The monoisotopic (exact) mass is 396 g/mol. The summed E-state index contributed by atoms with van der Waals surface area (Å²) in [5, 5.41) is 4.72. The summed E-state index contributed by atoms with van der Waals surface area (Å²) in [6, 6.07) is 18.3. The van der Waals surface area contributed by atoms with Gasteiger partial charge in [0, 0.05) is 40.6 Å². The molecule has 5 aromatic rings. The Balaban J connectivity index is 1.53. The number of nitrogens with zero attached hydrogens (tertiary/aromatic N) is 2. The van der Waals surface area contributed by atoms with E-state index < -0.39 is 0 Å². The minimum absolute atomic E-state index is 0.561. The first-order valence-corrected chi connectivity index (χ1v) is 9.98. The molecule has 2 N–H and O–H groups in total. The van der Waals surface area contributed by atoms with E-state index in [2.05, 4.69) is 46.0 Å². The van der Waals surface area contributed by atoms with E-state index in [-0.39, 0.29) is 0 Å². The summed E-state index contributed by atoms with van der Waals surface area (Å²) in [6.45, 7) is 3.22. The number of aryl methyl sites for hydroxylation is 1. The van der Waals surface area contributed by atoms with Crippen molar-refractivity contribution in [2.75, 3.05) is 18.5 Å². The first-order valence-electron chi connectivity index (χ1n) is 9.98. The molecule has 2 aromatic carbocycles. The first-order chi connectivity index (χ1) is 14.8. The lowest BCUT2D eigenvalue weighted by molar-refractivity contribution is 0.171. The lowest BCUT2D eigenvalue weighted by Crippen LogP contribution is -2.15. The highest BCUT2D eigenvalue weighted by molar-refractivity contribution is 5.98. The van der Waals surface area contributed by atoms with Crippen LogP contribution in [0.3, 0.4) is 0 Å². The maximum atomic E-state index is 5.76. The Labute approximate surface area is 173 Å². The average Bonchev–Trinajstić information content (AvgIpc) is 3.35. The number of ether oxygens (including phenoxy) is 2. The number of hydrogen-bond acceptors (Lipinski definition) is 4. The number of fused-ring (bicyclic) bond motifs is 3. The number of para-hydroxylation sites is 1. The zero-order valence-electron chi connectivity index (χ0n) is 16.5. The van der Waals surface area contributed by atoms with Crippen LogP contribution < -0.4 is 14.8 Å². The highest BCUT2D eigenvalue weighted by Crippen LogP contribution is 2.38. The van der Waals surface area contributed by atoms with Gasteiger partial charge in [-0.2, -0.15) is 0 Å². The molecule has 6 rings (SSSR count). The summed E-state index contributed by atoms with van der Waals surface area (Å²) in [4.78, 5) is 8.32. The number of imidazole rings is 1. The van der Waals surface area contributed by atoms with Gasteiger partial charge in [0.2, 0.25) is 0 Å². The smallest absolute Gasteiger partial charge is 0.163 e. The van der Waals surface area contributed by atoms with E-state index in [9.17, 15) is 0 Å². The van der Waals surface area contributed by atoms with E-state index in [0.717, 1.165) is 56.4 Å². The van der Waals surface area contributed by atoms with E-state index in [1.807, 2.05) is 42.6 Å². The summed E-state index contributed by atoms with van der Waals surface area (Å²) in [5.41, 5.74) is 6.02. The molecule has 6 heteroatoms. The second-order valence-corrected chi connectivity index (χ2v) is 7.48. The molecule has 0 atom stereocenters. The van der Waals surface area contributed by atoms with E-state index >= 15 is 0 Å². The summed E-state index contributed by atoms with van der Waals surface area (Å²) >= 11 is 0. The van der Waals surface area contributed by atoms with Crippen LogP contribution in [-0.4, -0.2) is 27.6 Å². The third kappa shape index (κ3) is 2.69. The van der Waals surface area contributed by atoms with Crippen LogP contribution in [0.15, 0.2) is 67.0 Å². The van der Waals surface area contributed by atoms with Gasteiger partial charge in [0.05, 0.1) is 0 Å². The molecule has 1 aliphatic rings. The fourth-order valence-electron chi connectivity index (χ4n) is 3.98. The third-order valence-electron chi connectivity index (χ3n) is 5.42. The van der Waals surface area contributed by atoms with Crippen LogP contribution in [-0.2, 0) is 0 Å². The van der Waals surface area contributed by atoms with E-state index in [0.29, 0.717) is 13.2 Å². The fourth-order valence-corrected chi connectivity index (χ4v) is 3.98. The first kappa shape index (κ1) is 17.0. The normalized spacial score (nSPS) is 13.1. The van der Waals surface area contributed by atoms with Crippen molar-refractivity contribution in [1.29, 1.82) is 0 Å². The van der Waals surface area contributed by atoms with Crippen LogP contribution in [0.1, 0.15) is 5.56 Å². The molecule has 0 radical (unpaired) electrons. The predicted octanol–water partition coefficient (Wildman–Crippen LogP) is 5.31. The molecule has 1 aliphatic heterocycles. The standard InChI is InChI=1S/C24H20N4O2/c1-15-6-9-22-27-23(18-13-25-19-5-3-2-4-17(18)19)24(28(22)14-15)26-16-7-8-20-21(12-16)30-11-10-29-20/h2-9,12-14,25-26H,10-11H2,1H3. The van der Waals surface area contributed by atoms with E-state index in [1.54, 1.807) is 0 Å². The Morgan fingerprint density at radius 3 is 2.80 bits per heavy atom. The molecule has 0 fully saturated rings. The van der Waals surface area contributed by atoms with Gasteiger partial charge >= 0.3 is 0 Å². The highest BCUT2D eigenvalue weighted by Gasteiger charge is 2.19. The van der Waals surface area contributed by atoms with Crippen LogP contribution in [0.5, 0.6) is 11.5 Å². The molecule has 0 aliphatic carbocycles. The summed E-state index contributed by atoms with van der Waals surface area (Å²) in [6.07, 6.45) is 4.12. The molecule has 0 saturated carbocycles. The van der Waals surface area contributed by atoms with Gasteiger partial charge in [-0.15, -0.1) is 0 Å². The Bertz CT molecular complexity index is 1400. The van der Waals surface area contributed by atoms with Crippen molar-refractivity contribution in [3.8, 4) is 22.8 Å². The molecule has 3 aromatic heterocycles. The van der Waals surface area contributed by atoms with Crippen LogP contribution in [0.25, 0.3) is 27.8 Å². The Hall–Kier alpha value is -3.93. The van der Waals surface area contributed by atoms with Gasteiger partial charge in [-0.1, -0.05) is 24.3 Å². The maximum absolute atomic E-state index is 5.76. The lowest BCUT2D eigenvalue weighted by Gasteiger charge is -2.19. The highest BCUT2D eigenvalue weighted by atomic mass is 16.6.